The highest BCUT2D eigenvalue weighted by Crippen LogP contribution is 2.29. The van der Waals surface area contributed by atoms with E-state index in [-0.39, 0.29) is 15.9 Å². The van der Waals surface area contributed by atoms with Crippen LogP contribution in [0, 0.1) is 0 Å². The number of Topliss-reactive ketones (excluding diaryl/α,β-unsaturated/α-hetero) is 1. The maximum atomic E-state index is 12.7. The lowest BCUT2D eigenvalue weighted by Crippen LogP contribution is -2.42. The number of sulfonamides is 1. The van der Waals surface area contributed by atoms with Crippen molar-refractivity contribution in [2.24, 2.45) is 0 Å². The monoisotopic (exact) mass is 378 g/mol. The van der Waals surface area contributed by atoms with Crippen LogP contribution in [0.1, 0.15) is 30.1 Å². The number of thiophene rings is 1. The molecule has 6 nitrogen and oxygen atoms in total. The van der Waals surface area contributed by atoms with Gasteiger partial charge in [0, 0.05) is 17.8 Å². The highest BCUT2D eigenvalue weighted by Gasteiger charge is 2.39. The van der Waals surface area contributed by atoms with Gasteiger partial charge < -0.3 is 5.32 Å². The molecule has 3 rings (SSSR count). The van der Waals surface area contributed by atoms with Gasteiger partial charge in [0.2, 0.25) is 5.91 Å². The molecule has 2 heterocycles. The summed E-state index contributed by atoms with van der Waals surface area (Å²) >= 11 is 1.15. The average molecular weight is 378 g/mol. The Morgan fingerprint density at radius 1 is 1.20 bits per heavy atom. The molecule has 0 spiro atoms. The molecule has 1 fully saturated rings. The predicted molar refractivity (Wildman–Crippen MR) is 96.3 cm³/mol. The molecule has 1 atom stereocenters. The van der Waals surface area contributed by atoms with Gasteiger partial charge in [-0.2, -0.15) is 4.31 Å². The highest BCUT2D eigenvalue weighted by atomic mass is 32.2. The van der Waals surface area contributed by atoms with E-state index in [0.717, 1.165) is 11.3 Å². The van der Waals surface area contributed by atoms with Crippen molar-refractivity contribution in [3.63, 3.8) is 0 Å². The number of amides is 1. The summed E-state index contributed by atoms with van der Waals surface area (Å²) < 4.78 is 26.9. The maximum absolute atomic E-state index is 12.7. The van der Waals surface area contributed by atoms with E-state index in [1.165, 1.54) is 11.2 Å². The van der Waals surface area contributed by atoms with Crippen LogP contribution in [0.25, 0.3) is 0 Å². The largest absolute Gasteiger partial charge is 0.325 e. The molecule has 8 heteroatoms. The zero-order valence-electron chi connectivity index (χ0n) is 13.6. The topological polar surface area (TPSA) is 83.6 Å². The van der Waals surface area contributed by atoms with Crippen molar-refractivity contribution in [2.75, 3.05) is 11.9 Å². The van der Waals surface area contributed by atoms with Crippen molar-refractivity contribution >= 4 is 38.7 Å². The van der Waals surface area contributed by atoms with Gasteiger partial charge in [-0.1, -0.05) is 6.07 Å². The molecular formula is C17H18N2O4S2. The van der Waals surface area contributed by atoms with Gasteiger partial charge in [-0.25, -0.2) is 8.42 Å². The van der Waals surface area contributed by atoms with E-state index in [9.17, 15) is 18.0 Å². The Bertz CT molecular complexity index is 874. The molecule has 0 saturated carbocycles. The molecule has 1 aliphatic rings. The second-order valence-electron chi connectivity index (χ2n) is 5.83. The van der Waals surface area contributed by atoms with Gasteiger partial charge >= 0.3 is 0 Å². The molecule has 0 radical (unpaired) electrons. The fourth-order valence-electron chi connectivity index (χ4n) is 2.83. The Kier molecular flexibility index (Phi) is 5.03. The van der Waals surface area contributed by atoms with Crippen LogP contribution in [0.3, 0.4) is 0 Å². The van der Waals surface area contributed by atoms with Crippen molar-refractivity contribution in [3.8, 4) is 0 Å². The Morgan fingerprint density at radius 2 is 1.92 bits per heavy atom. The van der Waals surface area contributed by atoms with Crippen LogP contribution in [0.2, 0.25) is 0 Å². The third-order valence-electron chi connectivity index (χ3n) is 4.12. The summed E-state index contributed by atoms with van der Waals surface area (Å²) in [6.07, 6.45) is 1.13. The van der Waals surface area contributed by atoms with Crippen LogP contribution in [-0.4, -0.2) is 37.0 Å². The number of rotatable bonds is 5. The number of nitrogens with one attached hydrogen (secondary N) is 1. The Morgan fingerprint density at radius 3 is 2.52 bits per heavy atom. The lowest BCUT2D eigenvalue weighted by molar-refractivity contribution is -0.119. The first-order chi connectivity index (χ1) is 11.9. The van der Waals surface area contributed by atoms with E-state index in [4.69, 9.17) is 0 Å². The first-order valence-electron chi connectivity index (χ1n) is 7.87. The molecule has 1 saturated heterocycles. The number of nitrogens with zero attached hydrogens (tertiary/aromatic N) is 1. The smallest absolute Gasteiger partial charge is 0.253 e. The zero-order valence-corrected chi connectivity index (χ0v) is 15.3. The molecule has 1 N–H and O–H groups in total. The van der Waals surface area contributed by atoms with Gasteiger partial charge in [-0.3, -0.25) is 9.59 Å². The quantitative estimate of drug-likeness (QED) is 0.811. The van der Waals surface area contributed by atoms with Crippen molar-refractivity contribution in [2.45, 2.75) is 30.0 Å². The molecule has 1 aromatic heterocycles. The van der Waals surface area contributed by atoms with Crippen molar-refractivity contribution in [1.82, 2.24) is 4.31 Å². The summed E-state index contributed by atoms with van der Waals surface area (Å²) in [5.41, 5.74) is 1.09. The van der Waals surface area contributed by atoms with Crippen LogP contribution < -0.4 is 5.32 Å². The Hall–Kier alpha value is -2.03. The number of hydrogen-bond acceptors (Lipinski definition) is 5. The van der Waals surface area contributed by atoms with E-state index in [1.807, 2.05) is 0 Å². The first kappa shape index (κ1) is 17.8. The summed E-state index contributed by atoms with van der Waals surface area (Å²) in [7, 11) is -3.65. The van der Waals surface area contributed by atoms with Crippen LogP contribution in [0.5, 0.6) is 0 Å². The number of hydrogen-bond donors (Lipinski definition) is 1. The summed E-state index contributed by atoms with van der Waals surface area (Å²) in [5.74, 6) is -0.407. The predicted octanol–water partition coefficient (Wildman–Crippen LogP) is 2.74. The van der Waals surface area contributed by atoms with Crippen LogP contribution in [0.4, 0.5) is 5.69 Å². The standard InChI is InChI=1S/C17H18N2O4S2/c1-12(20)13-6-8-14(9-7-13)18-17(21)15-4-2-10-19(15)25(22,23)16-5-3-11-24-16/h3,5-9,11,15H,2,4,10H2,1H3,(H,18,21)/t15-/m1/s1. The third kappa shape index (κ3) is 3.65. The van der Waals surface area contributed by atoms with Gasteiger partial charge in [-0.15, -0.1) is 11.3 Å². The normalized spacial score (nSPS) is 18.2. The van der Waals surface area contributed by atoms with Crippen LogP contribution in [0.15, 0.2) is 46.0 Å². The molecular weight excluding hydrogens is 360 g/mol. The third-order valence-corrected chi connectivity index (χ3v) is 7.40. The average Bonchev–Trinajstić information content (AvgIpc) is 3.27. The first-order valence-corrected chi connectivity index (χ1v) is 10.2. The second kappa shape index (κ2) is 7.07. The zero-order chi connectivity index (χ0) is 18.0. The number of anilines is 1. The Balaban J connectivity index is 1.76. The van der Waals surface area contributed by atoms with Crippen LogP contribution >= 0.6 is 11.3 Å². The summed E-state index contributed by atoms with van der Waals surface area (Å²) in [6.45, 7) is 1.81. The van der Waals surface area contributed by atoms with E-state index in [2.05, 4.69) is 5.32 Å². The molecule has 25 heavy (non-hydrogen) atoms. The van der Waals surface area contributed by atoms with Crippen LogP contribution in [-0.2, 0) is 14.8 Å². The van der Waals surface area contributed by atoms with Gasteiger partial charge in [0.1, 0.15) is 10.3 Å². The van der Waals surface area contributed by atoms with E-state index >= 15 is 0 Å². The number of benzene rings is 1. The number of ketones is 1. The fourth-order valence-corrected chi connectivity index (χ4v) is 5.61. The highest BCUT2D eigenvalue weighted by molar-refractivity contribution is 7.91. The van der Waals surface area contributed by atoms with Gasteiger partial charge in [0.15, 0.2) is 5.78 Å². The SMILES string of the molecule is CC(=O)c1ccc(NC(=O)[C@H]2CCCN2S(=O)(=O)c2cccs2)cc1. The van der Waals surface area contributed by atoms with Gasteiger partial charge in [-0.05, 0) is 55.5 Å². The molecule has 0 aliphatic carbocycles. The fraction of sp³-hybridized carbons (Fsp3) is 0.294. The lowest BCUT2D eigenvalue weighted by Gasteiger charge is -2.22. The molecule has 0 unspecified atom stereocenters. The summed E-state index contributed by atoms with van der Waals surface area (Å²) in [6, 6.07) is 9.05. The summed E-state index contributed by atoms with van der Waals surface area (Å²) in [4.78, 5) is 23.9. The summed E-state index contributed by atoms with van der Waals surface area (Å²) in [5, 5.41) is 4.45. The lowest BCUT2D eigenvalue weighted by atomic mass is 10.1. The van der Waals surface area contributed by atoms with E-state index in [1.54, 1.807) is 41.8 Å². The molecule has 1 amide bonds. The maximum Gasteiger partial charge on any atom is 0.253 e. The number of carbonyl (C=O) groups excluding carboxylic acids is 2. The molecule has 1 aromatic carbocycles. The minimum absolute atomic E-state index is 0.0538. The Labute approximate surface area is 150 Å². The van der Waals surface area contributed by atoms with Gasteiger partial charge in [0.25, 0.3) is 10.0 Å². The minimum Gasteiger partial charge on any atom is -0.325 e. The van der Waals surface area contributed by atoms with Crippen molar-refractivity contribution < 1.29 is 18.0 Å². The molecule has 1 aliphatic heterocycles. The molecule has 2 aromatic rings. The molecule has 132 valence electrons. The van der Waals surface area contributed by atoms with E-state index in [0.29, 0.717) is 30.6 Å². The second-order valence-corrected chi connectivity index (χ2v) is 8.89. The number of carbonyl (C=O) groups is 2. The minimum atomic E-state index is -3.65. The van der Waals surface area contributed by atoms with Gasteiger partial charge in [0.05, 0.1) is 0 Å². The van der Waals surface area contributed by atoms with Crippen molar-refractivity contribution in [3.05, 3.63) is 47.3 Å². The van der Waals surface area contributed by atoms with E-state index < -0.39 is 16.1 Å². The molecule has 0 bridgehead atoms. The van der Waals surface area contributed by atoms with Crippen molar-refractivity contribution in [1.29, 1.82) is 0 Å².